The van der Waals surface area contributed by atoms with Crippen molar-refractivity contribution >= 4 is 11.8 Å². The SMILES string of the molecule is Cc1ccc(C(O)(c2ccc(C)cc2)[C@H](N(C(=O)C2(C(N)=O)CC2)[C@H](C(C)(C)C)C(O)(c2ccc(C)cc2)c2ccc(C)cc2)C(C)(C)C)cc1. The Balaban J connectivity index is 1.96. The molecule has 0 unspecified atom stereocenters. The molecule has 0 aromatic heterocycles. The zero-order chi connectivity index (χ0) is 37.7. The molecule has 2 amide bonds. The highest BCUT2D eigenvalue weighted by molar-refractivity contribution is 6.07. The number of benzene rings is 4. The normalized spacial score (nSPS) is 15.9. The maximum atomic E-state index is 15.7. The average Bonchev–Trinajstić information content (AvgIpc) is 3.86. The molecule has 0 bridgehead atoms. The molecule has 2 atom stereocenters. The molecule has 0 heterocycles. The molecular weight excluding hydrogens is 633 g/mol. The van der Waals surface area contributed by atoms with Gasteiger partial charge in [-0.15, -0.1) is 0 Å². The molecule has 1 aliphatic rings. The van der Waals surface area contributed by atoms with Gasteiger partial charge in [0.25, 0.3) is 0 Å². The van der Waals surface area contributed by atoms with Gasteiger partial charge in [-0.2, -0.15) is 0 Å². The van der Waals surface area contributed by atoms with Crippen LogP contribution in [-0.4, -0.2) is 39.0 Å². The summed E-state index contributed by atoms with van der Waals surface area (Å²) in [5.74, 6) is -1.17. The van der Waals surface area contributed by atoms with E-state index in [-0.39, 0.29) is 0 Å². The van der Waals surface area contributed by atoms with E-state index in [2.05, 4.69) is 0 Å². The van der Waals surface area contributed by atoms with E-state index in [1.165, 1.54) is 0 Å². The molecule has 0 aliphatic heterocycles. The number of amides is 2. The topological polar surface area (TPSA) is 104 Å². The van der Waals surface area contributed by atoms with E-state index < -0.39 is 51.3 Å². The quantitative estimate of drug-likeness (QED) is 0.147. The summed E-state index contributed by atoms with van der Waals surface area (Å²) in [6.07, 6.45) is 0.596. The summed E-state index contributed by atoms with van der Waals surface area (Å²) in [6, 6.07) is 29.0. The van der Waals surface area contributed by atoms with Gasteiger partial charge in [0.1, 0.15) is 16.6 Å². The predicted molar refractivity (Wildman–Crippen MR) is 205 cm³/mol. The molecule has 4 aromatic carbocycles. The summed E-state index contributed by atoms with van der Waals surface area (Å²) in [5, 5.41) is 27.6. The number of nitrogens with two attached hydrogens (primary N) is 1. The van der Waals surface area contributed by atoms with Crippen LogP contribution < -0.4 is 5.73 Å². The van der Waals surface area contributed by atoms with E-state index in [9.17, 15) is 15.0 Å². The molecule has 4 aromatic rings. The molecule has 0 saturated heterocycles. The first-order valence-electron chi connectivity index (χ1n) is 18.0. The maximum absolute atomic E-state index is 15.7. The largest absolute Gasteiger partial charge is 0.378 e. The minimum absolute atomic E-state index is 0.298. The van der Waals surface area contributed by atoms with Gasteiger partial charge in [-0.05, 0) is 73.6 Å². The summed E-state index contributed by atoms with van der Waals surface area (Å²) in [6.45, 7) is 20.0. The van der Waals surface area contributed by atoms with E-state index in [0.717, 1.165) is 22.3 Å². The van der Waals surface area contributed by atoms with Crippen molar-refractivity contribution in [3.63, 3.8) is 0 Å². The first kappa shape index (κ1) is 38.0. The van der Waals surface area contributed by atoms with Crippen molar-refractivity contribution in [2.45, 2.75) is 105 Å². The fourth-order valence-corrected chi connectivity index (χ4v) is 8.01. The van der Waals surface area contributed by atoms with Crippen LogP contribution in [-0.2, 0) is 20.8 Å². The van der Waals surface area contributed by atoms with Gasteiger partial charge in [0.2, 0.25) is 11.8 Å². The van der Waals surface area contributed by atoms with Crippen LogP contribution in [0, 0.1) is 43.9 Å². The third kappa shape index (κ3) is 6.88. The lowest BCUT2D eigenvalue weighted by molar-refractivity contribution is -0.180. The zero-order valence-corrected chi connectivity index (χ0v) is 32.0. The second-order valence-corrected chi connectivity index (χ2v) is 17.2. The number of primary amides is 1. The predicted octanol–water partition coefficient (Wildman–Crippen LogP) is 8.02. The lowest BCUT2D eigenvalue weighted by atomic mass is 9.63. The monoisotopic (exact) mass is 688 g/mol. The van der Waals surface area contributed by atoms with E-state index in [4.69, 9.17) is 5.73 Å². The molecule has 6 heteroatoms. The van der Waals surface area contributed by atoms with Crippen molar-refractivity contribution in [2.24, 2.45) is 22.0 Å². The number of hydrogen-bond acceptors (Lipinski definition) is 4. The van der Waals surface area contributed by atoms with Crippen molar-refractivity contribution in [3.05, 3.63) is 142 Å². The Morgan fingerprint density at radius 1 is 0.549 bits per heavy atom. The van der Waals surface area contributed by atoms with E-state index in [1.54, 1.807) is 4.90 Å². The first-order chi connectivity index (χ1) is 23.7. The average molecular weight is 689 g/mol. The minimum atomic E-state index is -1.80. The molecule has 51 heavy (non-hydrogen) atoms. The fourth-order valence-electron chi connectivity index (χ4n) is 8.01. The summed E-state index contributed by atoms with van der Waals surface area (Å²) >= 11 is 0. The smallest absolute Gasteiger partial charge is 0.239 e. The van der Waals surface area contributed by atoms with Crippen molar-refractivity contribution in [1.82, 2.24) is 4.90 Å². The Bertz CT molecular complexity index is 1650. The Morgan fingerprint density at radius 3 is 0.961 bits per heavy atom. The zero-order valence-electron chi connectivity index (χ0n) is 32.0. The summed E-state index contributed by atoms with van der Waals surface area (Å²) in [5.41, 5.74) is 5.90. The fraction of sp³-hybridized carbons (Fsp3) is 0.422. The third-order valence-electron chi connectivity index (χ3n) is 10.8. The number of rotatable bonds is 10. The van der Waals surface area contributed by atoms with Crippen LogP contribution in [0.25, 0.3) is 0 Å². The van der Waals surface area contributed by atoms with Crippen molar-refractivity contribution in [3.8, 4) is 0 Å². The molecule has 1 aliphatic carbocycles. The van der Waals surface area contributed by atoms with Gasteiger partial charge >= 0.3 is 0 Å². The highest BCUT2D eigenvalue weighted by Crippen LogP contribution is 2.55. The number of hydrogen-bond donors (Lipinski definition) is 3. The standard InChI is InChI=1S/C45H56N2O4/c1-29-11-19-33(20-12-29)44(50,34-21-13-30(2)14-22-34)37(41(5,6)7)47(40(49)43(27-28-43)39(46)48)38(42(8,9)10)45(51,35-23-15-31(3)16-24-35)36-25-17-32(4)18-26-36/h11-26,37-38,50-51H,27-28H2,1-10H3,(H2,46,48)/t37-,38-/m1/s1. The van der Waals surface area contributed by atoms with Crippen LogP contribution in [0.3, 0.4) is 0 Å². The van der Waals surface area contributed by atoms with Crippen LogP contribution in [0.2, 0.25) is 0 Å². The molecule has 1 saturated carbocycles. The summed E-state index contributed by atoms with van der Waals surface area (Å²) in [4.78, 5) is 30.7. The lowest BCUT2D eigenvalue weighted by Gasteiger charge is -2.58. The number of carbonyl (C=O) groups excluding carboxylic acids is 2. The van der Waals surface area contributed by atoms with Crippen molar-refractivity contribution in [1.29, 1.82) is 0 Å². The van der Waals surface area contributed by atoms with Gasteiger partial charge in [-0.3, -0.25) is 9.59 Å². The third-order valence-corrected chi connectivity index (χ3v) is 10.8. The number of aryl methyl sites for hydroxylation is 4. The molecule has 270 valence electrons. The van der Waals surface area contributed by atoms with Gasteiger partial charge in [-0.25, -0.2) is 0 Å². The van der Waals surface area contributed by atoms with Gasteiger partial charge in [0.15, 0.2) is 0 Å². The highest BCUT2D eigenvalue weighted by Gasteiger charge is 2.65. The maximum Gasteiger partial charge on any atom is 0.239 e. The molecule has 6 nitrogen and oxygen atoms in total. The van der Waals surface area contributed by atoms with Crippen LogP contribution in [0.4, 0.5) is 0 Å². The first-order valence-corrected chi connectivity index (χ1v) is 18.0. The Kier molecular flexibility index (Phi) is 9.96. The summed E-state index contributed by atoms with van der Waals surface area (Å²) in [7, 11) is 0. The molecule has 1 fully saturated rings. The van der Waals surface area contributed by atoms with Crippen molar-refractivity contribution < 1.29 is 19.8 Å². The second-order valence-electron chi connectivity index (χ2n) is 17.2. The minimum Gasteiger partial charge on any atom is -0.378 e. The molecule has 0 radical (unpaired) electrons. The van der Waals surface area contributed by atoms with Crippen LogP contribution >= 0.6 is 0 Å². The highest BCUT2D eigenvalue weighted by atomic mass is 16.3. The summed E-state index contributed by atoms with van der Waals surface area (Å²) < 4.78 is 0. The van der Waals surface area contributed by atoms with Gasteiger partial charge < -0.3 is 20.8 Å². The number of nitrogens with zero attached hydrogens (tertiary/aromatic N) is 1. The second kappa shape index (κ2) is 13.4. The van der Waals surface area contributed by atoms with Crippen LogP contribution in [0.5, 0.6) is 0 Å². The number of carbonyl (C=O) groups is 2. The van der Waals surface area contributed by atoms with E-state index >= 15 is 4.79 Å². The van der Waals surface area contributed by atoms with Gasteiger partial charge in [0.05, 0.1) is 12.1 Å². The Labute approximate surface area is 304 Å². The van der Waals surface area contributed by atoms with Crippen molar-refractivity contribution in [2.75, 3.05) is 0 Å². The van der Waals surface area contributed by atoms with E-state index in [0.29, 0.717) is 35.1 Å². The Morgan fingerprint density at radius 2 is 0.784 bits per heavy atom. The molecular formula is C45H56N2O4. The van der Waals surface area contributed by atoms with Gasteiger partial charge in [0, 0.05) is 0 Å². The molecule has 5 rings (SSSR count). The molecule has 4 N–H and O–H groups in total. The van der Waals surface area contributed by atoms with Gasteiger partial charge in [-0.1, -0.05) is 161 Å². The Hall–Kier alpha value is -4.26. The number of aliphatic hydroxyl groups is 2. The van der Waals surface area contributed by atoms with E-state index in [1.807, 2.05) is 166 Å². The van der Waals surface area contributed by atoms with Crippen LogP contribution in [0.15, 0.2) is 97.1 Å². The lowest BCUT2D eigenvalue weighted by Crippen LogP contribution is -2.70. The molecule has 0 spiro atoms. The van der Waals surface area contributed by atoms with Crippen LogP contribution in [0.1, 0.15) is 98.9 Å².